The lowest BCUT2D eigenvalue weighted by molar-refractivity contribution is -0.131. The molecule has 0 aliphatic heterocycles. The van der Waals surface area contributed by atoms with Crippen LogP contribution in [-0.2, 0) is 14.6 Å². The van der Waals surface area contributed by atoms with Crippen molar-refractivity contribution in [3.8, 4) is 0 Å². The Labute approximate surface area is 129 Å². The Kier molecular flexibility index (Phi) is 5.06. The van der Waals surface area contributed by atoms with Crippen molar-refractivity contribution in [2.24, 2.45) is 0 Å². The minimum absolute atomic E-state index is 0.126. The van der Waals surface area contributed by atoms with Gasteiger partial charge in [0, 0.05) is 11.1 Å². The largest absolute Gasteiger partial charge is 0.478 e. The molecule has 0 atom stereocenters. The summed E-state index contributed by atoms with van der Waals surface area (Å²) in [6, 6.07) is 6.20. The summed E-state index contributed by atoms with van der Waals surface area (Å²) in [6.45, 7) is 0. The van der Waals surface area contributed by atoms with Gasteiger partial charge in [-0.15, -0.1) is 0 Å². The van der Waals surface area contributed by atoms with Crippen molar-refractivity contribution >= 4 is 32.3 Å². The van der Waals surface area contributed by atoms with Crippen LogP contribution in [0.15, 0.2) is 30.3 Å². The quantitative estimate of drug-likeness (QED) is 0.858. The molecule has 0 spiro atoms. The molecule has 0 radical (unpaired) electrons. The van der Waals surface area contributed by atoms with Gasteiger partial charge in [0.25, 0.3) is 0 Å². The van der Waals surface area contributed by atoms with Gasteiger partial charge in [0.1, 0.15) is 0 Å². The molecule has 0 saturated heterocycles. The van der Waals surface area contributed by atoms with Gasteiger partial charge in [-0.2, -0.15) is 0 Å². The van der Waals surface area contributed by atoms with Crippen molar-refractivity contribution in [2.45, 2.75) is 37.4 Å². The van der Waals surface area contributed by atoms with E-state index in [0.717, 1.165) is 25.3 Å². The lowest BCUT2D eigenvalue weighted by Crippen LogP contribution is -2.25. The zero-order chi connectivity index (χ0) is 15.5. The van der Waals surface area contributed by atoms with Crippen LogP contribution < -0.4 is 0 Å². The molecule has 1 N–H and O–H groups in total. The fraction of sp³-hybridized carbons (Fsp3) is 0.400. The molecule has 0 aromatic heterocycles. The van der Waals surface area contributed by atoms with Crippen LogP contribution in [0.2, 0.25) is 5.02 Å². The fourth-order valence-corrected chi connectivity index (χ4v) is 4.78. The second kappa shape index (κ2) is 6.62. The molecular formula is C15H17ClO4S. The average Bonchev–Trinajstić information content (AvgIpc) is 2.46. The number of rotatable bonds is 4. The van der Waals surface area contributed by atoms with E-state index in [1.165, 1.54) is 12.1 Å². The van der Waals surface area contributed by atoms with Gasteiger partial charge < -0.3 is 5.11 Å². The Balaban J connectivity index is 2.45. The van der Waals surface area contributed by atoms with E-state index in [9.17, 15) is 13.2 Å². The summed E-state index contributed by atoms with van der Waals surface area (Å²) in [4.78, 5) is 10.9. The third-order valence-electron chi connectivity index (χ3n) is 3.68. The van der Waals surface area contributed by atoms with Gasteiger partial charge in [0.2, 0.25) is 0 Å². The predicted octanol–water partition coefficient (Wildman–Crippen LogP) is 3.51. The van der Waals surface area contributed by atoms with E-state index < -0.39 is 21.1 Å². The van der Waals surface area contributed by atoms with Gasteiger partial charge in [-0.25, -0.2) is 13.2 Å². The summed E-state index contributed by atoms with van der Waals surface area (Å²) < 4.78 is 25.5. The van der Waals surface area contributed by atoms with Crippen LogP contribution in [0.3, 0.4) is 0 Å². The Morgan fingerprint density at radius 1 is 1.14 bits per heavy atom. The maximum absolute atomic E-state index is 12.7. The first-order chi connectivity index (χ1) is 9.91. The second-order valence-corrected chi connectivity index (χ2v) is 7.79. The molecule has 1 aromatic rings. The van der Waals surface area contributed by atoms with Crippen LogP contribution in [0, 0.1) is 0 Å². The Morgan fingerprint density at radius 3 is 2.24 bits per heavy atom. The van der Waals surface area contributed by atoms with Crippen molar-refractivity contribution in [3.05, 3.63) is 40.9 Å². The SMILES string of the molecule is O=C(O)/C=C(\c1ccc(Cl)cc1)S(=O)(=O)C1CCCCC1. The first-order valence-electron chi connectivity index (χ1n) is 6.86. The highest BCUT2D eigenvalue weighted by Gasteiger charge is 2.32. The van der Waals surface area contributed by atoms with E-state index >= 15 is 0 Å². The first kappa shape index (κ1) is 16.0. The summed E-state index contributed by atoms with van der Waals surface area (Å²) >= 11 is 5.80. The zero-order valence-corrected chi connectivity index (χ0v) is 13.0. The van der Waals surface area contributed by atoms with Crippen molar-refractivity contribution in [1.29, 1.82) is 0 Å². The van der Waals surface area contributed by atoms with Crippen LogP contribution >= 0.6 is 11.6 Å². The number of carboxylic acids is 1. The molecule has 1 aliphatic carbocycles. The van der Waals surface area contributed by atoms with Crippen LogP contribution in [0.5, 0.6) is 0 Å². The molecule has 1 aliphatic rings. The molecule has 2 rings (SSSR count). The van der Waals surface area contributed by atoms with Gasteiger partial charge in [-0.3, -0.25) is 0 Å². The normalized spacial score (nSPS) is 17.7. The number of carboxylic acid groups (broad SMARTS) is 1. The van der Waals surface area contributed by atoms with Gasteiger partial charge in [0.15, 0.2) is 9.84 Å². The molecule has 6 heteroatoms. The molecule has 1 saturated carbocycles. The highest BCUT2D eigenvalue weighted by atomic mass is 35.5. The maximum Gasteiger partial charge on any atom is 0.329 e. The Bertz CT molecular complexity index is 641. The summed E-state index contributed by atoms with van der Waals surface area (Å²) in [5.74, 6) is -1.26. The molecule has 0 heterocycles. The minimum Gasteiger partial charge on any atom is -0.478 e. The predicted molar refractivity (Wildman–Crippen MR) is 82.9 cm³/mol. The third-order valence-corrected chi connectivity index (χ3v) is 6.25. The number of hydrogen-bond donors (Lipinski definition) is 1. The summed E-state index contributed by atoms with van der Waals surface area (Å²) in [7, 11) is -3.65. The summed E-state index contributed by atoms with van der Waals surface area (Å²) in [5, 5.41) is 8.98. The van der Waals surface area contributed by atoms with E-state index in [2.05, 4.69) is 0 Å². The lowest BCUT2D eigenvalue weighted by Gasteiger charge is -2.23. The van der Waals surface area contributed by atoms with E-state index in [4.69, 9.17) is 16.7 Å². The molecule has 0 bridgehead atoms. The number of aliphatic carboxylic acids is 1. The van der Waals surface area contributed by atoms with Crippen LogP contribution in [-0.4, -0.2) is 24.7 Å². The molecule has 4 nitrogen and oxygen atoms in total. The van der Waals surface area contributed by atoms with Gasteiger partial charge in [-0.05, 0) is 30.5 Å². The van der Waals surface area contributed by atoms with E-state index in [-0.39, 0.29) is 4.91 Å². The highest BCUT2D eigenvalue weighted by molar-refractivity contribution is 8.01. The Morgan fingerprint density at radius 2 is 1.71 bits per heavy atom. The second-order valence-electron chi connectivity index (χ2n) is 5.16. The lowest BCUT2D eigenvalue weighted by atomic mass is 10.0. The van der Waals surface area contributed by atoms with E-state index in [1.54, 1.807) is 12.1 Å². The van der Waals surface area contributed by atoms with E-state index in [0.29, 0.717) is 23.4 Å². The van der Waals surface area contributed by atoms with Crippen LogP contribution in [0.25, 0.3) is 4.91 Å². The molecule has 1 fully saturated rings. The molecule has 1 aromatic carbocycles. The van der Waals surface area contributed by atoms with Crippen molar-refractivity contribution in [1.82, 2.24) is 0 Å². The Hall–Kier alpha value is -1.33. The average molecular weight is 329 g/mol. The number of benzene rings is 1. The maximum atomic E-state index is 12.7. The highest BCUT2D eigenvalue weighted by Crippen LogP contribution is 2.33. The van der Waals surface area contributed by atoms with Gasteiger partial charge in [0.05, 0.1) is 10.2 Å². The van der Waals surface area contributed by atoms with E-state index in [1.807, 2.05) is 0 Å². The number of carbonyl (C=O) groups is 1. The minimum atomic E-state index is -3.65. The number of sulfone groups is 1. The summed E-state index contributed by atoms with van der Waals surface area (Å²) in [6.07, 6.45) is 4.73. The molecule has 21 heavy (non-hydrogen) atoms. The number of hydrogen-bond acceptors (Lipinski definition) is 3. The monoisotopic (exact) mass is 328 g/mol. The molecule has 0 amide bonds. The van der Waals surface area contributed by atoms with Crippen molar-refractivity contribution < 1.29 is 18.3 Å². The fourth-order valence-electron chi connectivity index (χ4n) is 2.61. The van der Waals surface area contributed by atoms with Gasteiger partial charge in [-0.1, -0.05) is 43.0 Å². The topological polar surface area (TPSA) is 71.4 Å². The van der Waals surface area contributed by atoms with Crippen LogP contribution in [0.1, 0.15) is 37.7 Å². The molecular weight excluding hydrogens is 312 g/mol. The van der Waals surface area contributed by atoms with Gasteiger partial charge >= 0.3 is 5.97 Å². The molecule has 0 unspecified atom stereocenters. The summed E-state index contributed by atoms with van der Waals surface area (Å²) in [5.41, 5.74) is 0.368. The van der Waals surface area contributed by atoms with Crippen LogP contribution in [0.4, 0.5) is 0 Å². The van der Waals surface area contributed by atoms with Crippen molar-refractivity contribution in [2.75, 3.05) is 0 Å². The standard InChI is InChI=1S/C15H17ClO4S/c16-12-8-6-11(7-9-12)14(10-15(17)18)21(19,20)13-4-2-1-3-5-13/h6-10,13H,1-5H2,(H,17,18)/b14-10+. The first-order valence-corrected chi connectivity index (χ1v) is 8.78. The smallest absolute Gasteiger partial charge is 0.329 e. The third kappa shape index (κ3) is 3.86. The zero-order valence-electron chi connectivity index (χ0n) is 11.5. The van der Waals surface area contributed by atoms with Crippen molar-refractivity contribution in [3.63, 3.8) is 0 Å². The molecule has 114 valence electrons. The number of halogens is 1.